The van der Waals surface area contributed by atoms with Crippen LogP contribution >= 0.6 is 23.4 Å². The minimum absolute atomic E-state index is 0.105. The summed E-state index contributed by atoms with van der Waals surface area (Å²) in [6.07, 6.45) is 1.64. The van der Waals surface area contributed by atoms with E-state index in [0.29, 0.717) is 15.6 Å². The van der Waals surface area contributed by atoms with E-state index in [2.05, 4.69) is 10.1 Å². The normalized spacial score (nSPS) is 16.8. The number of carbonyl (C=O) groups is 1. The minimum Gasteiger partial charge on any atom is -0.316 e. The van der Waals surface area contributed by atoms with Gasteiger partial charge in [0.2, 0.25) is 5.17 Å². The molecule has 2 aliphatic heterocycles. The molecule has 3 heterocycles. The van der Waals surface area contributed by atoms with Gasteiger partial charge >= 0.3 is 0 Å². The minimum atomic E-state index is -0.536. The fraction of sp³-hybridized carbons (Fsp3) is 0.0833. The van der Waals surface area contributed by atoms with E-state index in [1.807, 2.05) is 48.7 Å². The van der Waals surface area contributed by atoms with Crippen molar-refractivity contribution in [1.82, 2.24) is 9.58 Å². The first-order valence-electron chi connectivity index (χ1n) is 10.0. The number of benzene rings is 2. The number of thioether (sulfide) groups is 1. The van der Waals surface area contributed by atoms with Gasteiger partial charge < -0.3 is 4.57 Å². The molecule has 33 heavy (non-hydrogen) atoms. The molecule has 0 spiro atoms. The molecule has 0 atom stereocenters. The average molecular weight is 478 g/mol. The van der Waals surface area contributed by atoms with Crippen molar-refractivity contribution in [3.63, 3.8) is 0 Å². The van der Waals surface area contributed by atoms with Crippen LogP contribution in [0.3, 0.4) is 0 Å². The number of nitrogens with zero attached hydrogens (tertiary/aromatic N) is 4. The quantitative estimate of drug-likeness (QED) is 0.502. The Morgan fingerprint density at radius 1 is 1.12 bits per heavy atom. The van der Waals surface area contributed by atoms with Crippen molar-refractivity contribution in [2.75, 3.05) is 0 Å². The van der Waals surface area contributed by atoms with Crippen LogP contribution in [0.4, 0.5) is 4.39 Å². The van der Waals surface area contributed by atoms with Gasteiger partial charge in [-0.25, -0.2) is 4.39 Å². The van der Waals surface area contributed by atoms with Gasteiger partial charge in [-0.3, -0.25) is 10.2 Å². The fourth-order valence-corrected chi connectivity index (χ4v) is 4.97. The second-order valence-corrected chi connectivity index (χ2v) is 8.88. The van der Waals surface area contributed by atoms with Crippen molar-refractivity contribution < 1.29 is 9.18 Å². The van der Waals surface area contributed by atoms with E-state index in [0.717, 1.165) is 34.4 Å². The Kier molecular flexibility index (Phi) is 5.26. The summed E-state index contributed by atoms with van der Waals surface area (Å²) < 4.78 is 16.2. The van der Waals surface area contributed by atoms with Gasteiger partial charge in [0.15, 0.2) is 5.84 Å². The Hall–Kier alpha value is -3.49. The van der Waals surface area contributed by atoms with Crippen molar-refractivity contribution in [3.8, 4) is 5.69 Å². The Morgan fingerprint density at radius 3 is 2.61 bits per heavy atom. The molecule has 0 aliphatic carbocycles. The van der Waals surface area contributed by atoms with Gasteiger partial charge in [0, 0.05) is 17.0 Å². The van der Waals surface area contributed by atoms with Crippen LogP contribution in [0.15, 0.2) is 70.3 Å². The zero-order chi connectivity index (χ0) is 23.3. The lowest BCUT2D eigenvalue weighted by Gasteiger charge is -2.20. The van der Waals surface area contributed by atoms with Crippen molar-refractivity contribution in [2.24, 2.45) is 10.1 Å². The Bertz CT molecular complexity index is 1440. The topological polar surface area (TPSA) is 73.8 Å². The zero-order valence-electron chi connectivity index (χ0n) is 17.6. The van der Waals surface area contributed by atoms with Crippen molar-refractivity contribution in [3.05, 3.63) is 93.5 Å². The maximum atomic E-state index is 14.2. The second-order valence-electron chi connectivity index (χ2n) is 7.52. The molecule has 0 saturated carbocycles. The van der Waals surface area contributed by atoms with Gasteiger partial charge in [0.25, 0.3) is 5.91 Å². The molecule has 1 amide bonds. The number of hydrazone groups is 1. The van der Waals surface area contributed by atoms with Crippen LogP contribution in [0.1, 0.15) is 22.5 Å². The Balaban J connectivity index is 1.53. The largest absolute Gasteiger partial charge is 0.316 e. The third-order valence-electron chi connectivity index (χ3n) is 5.42. The summed E-state index contributed by atoms with van der Waals surface area (Å²) in [4.78, 5) is 16.9. The van der Waals surface area contributed by atoms with Gasteiger partial charge in [0.05, 0.1) is 16.3 Å². The smallest absolute Gasteiger partial charge is 0.283 e. The Morgan fingerprint density at radius 2 is 1.85 bits per heavy atom. The zero-order valence-corrected chi connectivity index (χ0v) is 19.2. The van der Waals surface area contributed by atoms with Crippen LogP contribution in [0.2, 0.25) is 5.02 Å². The summed E-state index contributed by atoms with van der Waals surface area (Å²) in [6.45, 7) is 3.87. The standard InChI is InChI=1S/C24H17ClFN5OS/c1-13-11-15(14(2)30(13)20-10-6-4-8-18(20)25)12-17-21(27)31-24(28-22(17)32)33-23(29-31)16-7-3-5-9-19(16)26/h3-12,27H,1-2H3. The van der Waals surface area contributed by atoms with Crippen LogP contribution in [0.25, 0.3) is 11.8 Å². The number of nitrogens with one attached hydrogen (secondary N) is 1. The van der Waals surface area contributed by atoms with Gasteiger partial charge in [-0.1, -0.05) is 35.9 Å². The lowest BCUT2D eigenvalue weighted by Crippen LogP contribution is -2.35. The molecule has 9 heteroatoms. The van der Waals surface area contributed by atoms with E-state index in [-0.39, 0.29) is 16.6 Å². The van der Waals surface area contributed by atoms with E-state index >= 15 is 0 Å². The van der Waals surface area contributed by atoms with Gasteiger partial charge in [-0.15, -0.1) is 0 Å². The average Bonchev–Trinajstić information content (AvgIpc) is 3.32. The highest BCUT2D eigenvalue weighted by atomic mass is 35.5. The van der Waals surface area contributed by atoms with Gasteiger partial charge in [0.1, 0.15) is 10.9 Å². The van der Waals surface area contributed by atoms with Crippen LogP contribution < -0.4 is 0 Å². The summed E-state index contributed by atoms with van der Waals surface area (Å²) in [5.41, 5.74) is 3.81. The van der Waals surface area contributed by atoms with E-state index in [9.17, 15) is 9.18 Å². The molecule has 3 aromatic rings. The molecule has 5 rings (SSSR count). The third-order valence-corrected chi connectivity index (χ3v) is 6.68. The second kappa shape index (κ2) is 8.13. The summed E-state index contributed by atoms with van der Waals surface area (Å²) in [5.74, 6) is -1.07. The fourth-order valence-electron chi connectivity index (χ4n) is 3.83. The van der Waals surface area contributed by atoms with Crippen LogP contribution in [-0.4, -0.2) is 31.5 Å². The highest BCUT2D eigenvalue weighted by molar-refractivity contribution is 8.27. The molecule has 1 N–H and O–H groups in total. The number of amides is 1. The molecule has 0 bridgehead atoms. The van der Waals surface area contributed by atoms with Crippen LogP contribution in [0.5, 0.6) is 0 Å². The molecule has 0 fully saturated rings. The maximum Gasteiger partial charge on any atom is 0.283 e. The number of carbonyl (C=O) groups excluding carboxylic acids is 1. The van der Waals surface area contributed by atoms with Crippen LogP contribution in [0, 0.1) is 25.1 Å². The molecule has 6 nitrogen and oxygen atoms in total. The molecule has 0 unspecified atom stereocenters. The summed E-state index contributed by atoms with van der Waals surface area (Å²) in [6, 6.07) is 15.7. The first kappa shape index (κ1) is 21.4. The van der Waals surface area contributed by atoms with Crippen LogP contribution in [-0.2, 0) is 4.79 Å². The SMILES string of the molecule is Cc1cc(C=C2C(=N)N3N=C(c4ccccc4F)SC3=NC2=O)c(C)n1-c1ccccc1Cl. The predicted octanol–water partition coefficient (Wildman–Crippen LogP) is 5.55. The first-order chi connectivity index (χ1) is 15.8. The first-order valence-corrected chi connectivity index (χ1v) is 11.2. The number of rotatable bonds is 3. The predicted molar refractivity (Wildman–Crippen MR) is 131 cm³/mol. The molecule has 2 aliphatic rings. The number of aliphatic imine (C=N–C) groups is 1. The molecule has 164 valence electrons. The monoisotopic (exact) mass is 477 g/mol. The molecule has 0 radical (unpaired) electrons. The molecule has 0 saturated heterocycles. The van der Waals surface area contributed by atoms with E-state index in [4.69, 9.17) is 17.0 Å². The number of amidine groups is 2. The maximum absolute atomic E-state index is 14.2. The number of hydrogen-bond donors (Lipinski definition) is 1. The van der Waals surface area contributed by atoms with Crippen molar-refractivity contribution >= 4 is 51.4 Å². The summed E-state index contributed by atoms with van der Waals surface area (Å²) >= 11 is 7.46. The highest BCUT2D eigenvalue weighted by Crippen LogP contribution is 2.33. The number of halogens is 2. The lowest BCUT2D eigenvalue weighted by atomic mass is 10.1. The van der Waals surface area contributed by atoms with E-state index in [1.165, 1.54) is 11.1 Å². The molecular weight excluding hydrogens is 461 g/mol. The van der Waals surface area contributed by atoms with E-state index < -0.39 is 11.7 Å². The third kappa shape index (κ3) is 3.61. The molecular formula is C24H17ClFN5OS. The highest BCUT2D eigenvalue weighted by Gasteiger charge is 2.36. The number of para-hydroxylation sites is 1. The van der Waals surface area contributed by atoms with Gasteiger partial charge in [-0.05, 0) is 67.6 Å². The number of fused-ring (bicyclic) bond motifs is 1. The number of aryl methyl sites for hydroxylation is 1. The van der Waals surface area contributed by atoms with Gasteiger partial charge in [-0.2, -0.15) is 15.1 Å². The summed E-state index contributed by atoms with van der Waals surface area (Å²) in [7, 11) is 0. The van der Waals surface area contributed by atoms with Crippen molar-refractivity contribution in [1.29, 1.82) is 5.41 Å². The van der Waals surface area contributed by atoms with E-state index in [1.54, 1.807) is 24.3 Å². The number of aromatic nitrogens is 1. The molecule has 2 aromatic carbocycles. The molecule has 1 aromatic heterocycles. The lowest BCUT2D eigenvalue weighted by molar-refractivity contribution is -0.114. The Labute approximate surface area is 198 Å². The summed E-state index contributed by atoms with van der Waals surface area (Å²) in [5, 5.41) is 15.4. The number of hydrogen-bond acceptors (Lipinski definition) is 4. The van der Waals surface area contributed by atoms with Crippen molar-refractivity contribution in [2.45, 2.75) is 13.8 Å².